The molecular weight excluding hydrogens is 444 g/mol. The first-order valence-electron chi connectivity index (χ1n) is 12.3. The summed E-state index contributed by atoms with van der Waals surface area (Å²) in [7, 11) is 0. The highest BCUT2D eigenvalue weighted by molar-refractivity contribution is 5.87. The highest BCUT2D eigenvalue weighted by atomic mass is 16.5. The van der Waals surface area contributed by atoms with E-state index in [1.54, 1.807) is 4.90 Å². The summed E-state index contributed by atoms with van der Waals surface area (Å²) in [6, 6.07) is 15.4. The molecule has 1 fully saturated rings. The molecule has 0 saturated carbocycles. The Morgan fingerprint density at radius 3 is 2.09 bits per heavy atom. The van der Waals surface area contributed by atoms with Crippen LogP contribution in [-0.4, -0.2) is 53.7 Å². The van der Waals surface area contributed by atoms with Crippen molar-refractivity contribution < 1.29 is 24.2 Å². The standard InChI is InChI=1S/C28H34N2O5/c1-17(2)24(25(31)30-14-13-28(16-30,18(3)4)26(32)33)29-27(34)35-15-23-21-11-7-5-9-19(21)20-10-6-8-12-22(20)23/h5-12,17-18,23-24H,13-16H2,1-4H3,(H,29,34)(H,32,33)/t24-,28?/m1/s1. The van der Waals surface area contributed by atoms with E-state index in [0.29, 0.717) is 13.0 Å². The molecule has 7 heteroatoms. The summed E-state index contributed by atoms with van der Waals surface area (Å²) in [5, 5.41) is 12.6. The van der Waals surface area contributed by atoms with Crippen LogP contribution in [0.1, 0.15) is 51.2 Å². The molecule has 0 spiro atoms. The number of hydrogen-bond acceptors (Lipinski definition) is 4. The van der Waals surface area contributed by atoms with E-state index in [0.717, 1.165) is 22.3 Å². The number of amides is 2. The van der Waals surface area contributed by atoms with Crippen LogP contribution in [0.2, 0.25) is 0 Å². The molecule has 1 heterocycles. The fraction of sp³-hybridized carbons (Fsp3) is 0.464. The minimum Gasteiger partial charge on any atom is -0.481 e. The van der Waals surface area contributed by atoms with Gasteiger partial charge in [0.25, 0.3) is 0 Å². The molecule has 186 valence electrons. The molecule has 7 nitrogen and oxygen atoms in total. The first-order chi connectivity index (χ1) is 16.7. The van der Waals surface area contributed by atoms with Crippen molar-refractivity contribution in [3.05, 3.63) is 59.7 Å². The van der Waals surface area contributed by atoms with E-state index in [4.69, 9.17) is 4.74 Å². The summed E-state index contributed by atoms with van der Waals surface area (Å²) in [5.74, 6) is -1.50. The number of hydrogen-bond donors (Lipinski definition) is 2. The Bertz CT molecular complexity index is 1080. The van der Waals surface area contributed by atoms with Gasteiger partial charge in [0, 0.05) is 19.0 Å². The number of nitrogens with one attached hydrogen (secondary N) is 1. The number of fused-ring (bicyclic) bond motifs is 3. The Morgan fingerprint density at radius 2 is 1.60 bits per heavy atom. The third-order valence-electron chi connectivity index (χ3n) is 7.69. The average Bonchev–Trinajstić information content (AvgIpc) is 3.42. The first kappa shape index (κ1) is 24.8. The van der Waals surface area contributed by atoms with E-state index in [2.05, 4.69) is 29.6 Å². The van der Waals surface area contributed by atoms with Gasteiger partial charge in [-0.25, -0.2) is 4.79 Å². The van der Waals surface area contributed by atoms with Gasteiger partial charge in [-0.2, -0.15) is 0 Å². The number of nitrogens with zero attached hydrogens (tertiary/aromatic N) is 1. The number of carbonyl (C=O) groups is 3. The summed E-state index contributed by atoms with van der Waals surface area (Å²) in [5.41, 5.74) is 3.57. The Labute approximate surface area is 206 Å². The lowest BCUT2D eigenvalue weighted by Crippen LogP contribution is -2.52. The number of ether oxygens (including phenoxy) is 1. The lowest BCUT2D eigenvalue weighted by molar-refractivity contribution is -0.151. The summed E-state index contributed by atoms with van der Waals surface area (Å²) in [6.07, 6.45) is -0.243. The molecule has 1 aliphatic heterocycles. The number of carbonyl (C=O) groups excluding carboxylic acids is 2. The predicted octanol–water partition coefficient (Wildman–Crippen LogP) is 4.51. The summed E-state index contributed by atoms with van der Waals surface area (Å²) < 4.78 is 5.64. The van der Waals surface area contributed by atoms with Gasteiger partial charge in [0.05, 0.1) is 5.41 Å². The van der Waals surface area contributed by atoms with Crippen molar-refractivity contribution >= 4 is 18.0 Å². The van der Waals surface area contributed by atoms with E-state index < -0.39 is 23.5 Å². The maximum Gasteiger partial charge on any atom is 0.407 e. The van der Waals surface area contributed by atoms with Crippen molar-refractivity contribution in [1.82, 2.24) is 10.2 Å². The highest BCUT2D eigenvalue weighted by Crippen LogP contribution is 2.44. The molecule has 4 rings (SSSR count). The predicted molar refractivity (Wildman–Crippen MR) is 133 cm³/mol. The monoisotopic (exact) mass is 478 g/mol. The van der Waals surface area contributed by atoms with E-state index in [9.17, 15) is 19.5 Å². The molecule has 1 aliphatic carbocycles. The largest absolute Gasteiger partial charge is 0.481 e. The molecule has 2 atom stereocenters. The van der Waals surface area contributed by atoms with Crippen LogP contribution in [0.3, 0.4) is 0 Å². The molecule has 0 bridgehead atoms. The van der Waals surface area contributed by atoms with Crippen molar-refractivity contribution in [2.45, 2.75) is 46.1 Å². The molecule has 35 heavy (non-hydrogen) atoms. The maximum absolute atomic E-state index is 13.3. The SMILES string of the molecule is CC(C)[C@@H](NC(=O)OCC1c2ccccc2-c2ccccc21)C(=O)N1CCC(C(=O)O)(C(C)C)C1. The van der Waals surface area contributed by atoms with Gasteiger partial charge in [-0.15, -0.1) is 0 Å². The molecule has 1 unspecified atom stereocenters. The molecule has 0 aromatic heterocycles. The van der Waals surface area contributed by atoms with Gasteiger partial charge >= 0.3 is 12.1 Å². The van der Waals surface area contributed by atoms with Crippen molar-refractivity contribution in [2.75, 3.05) is 19.7 Å². The third-order valence-corrected chi connectivity index (χ3v) is 7.69. The van der Waals surface area contributed by atoms with Crippen LogP contribution in [-0.2, 0) is 14.3 Å². The highest BCUT2D eigenvalue weighted by Gasteiger charge is 2.49. The fourth-order valence-electron chi connectivity index (χ4n) is 5.39. The number of rotatable bonds is 7. The van der Waals surface area contributed by atoms with Crippen LogP contribution >= 0.6 is 0 Å². The summed E-state index contributed by atoms with van der Waals surface area (Å²) >= 11 is 0. The van der Waals surface area contributed by atoms with Crippen LogP contribution in [0.5, 0.6) is 0 Å². The van der Waals surface area contributed by atoms with Gasteiger partial charge in [0.2, 0.25) is 5.91 Å². The average molecular weight is 479 g/mol. The lowest BCUT2D eigenvalue weighted by atomic mass is 9.76. The van der Waals surface area contributed by atoms with Crippen molar-refractivity contribution in [3.63, 3.8) is 0 Å². The molecule has 0 radical (unpaired) electrons. The van der Waals surface area contributed by atoms with Crippen LogP contribution in [0, 0.1) is 17.3 Å². The second-order valence-corrected chi connectivity index (χ2v) is 10.3. The van der Waals surface area contributed by atoms with E-state index in [1.165, 1.54) is 0 Å². The van der Waals surface area contributed by atoms with Crippen LogP contribution in [0.25, 0.3) is 11.1 Å². The quantitative estimate of drug-likeness (QED) is 0.611. The van der Waals surface area contributed by atoms with E-state index in [-0.39, 0.29) is 36.8 Å². The number of likely N-dealkylation sites (tertiary alicyclic amines) is 1. The van der Waals surface area contributed by atoms with Gasteiger partial charge in [0.15, 0.2) is 0 Å². The Morgan fingerprint density at radius 1 is 1.03 bits per heavy atom. The first-order valence-corrected chi connectivity index (χ1v) is 12.3. The second-order valence-electron chi connectivity index (χ2n) is 10.3. The smallest absolute Gasteiger partial charge is 0.407 e. The number of carboxylic acids is 1. The minimum absolute atomic E-state index is 0.0674. The minimum atomic E-state index is -0.957. The maximum atomic E-state index is 13.3. The molecule has 2 amide bonds. The zero-order valence-electron chi connectivity index (χ0n) is 20.8. The van der Waals surface area contributed by atoms with Crippen LogP contribution in [0.15, 0.2) is 48.5 Å². The topological polar surface area (TPSA) is 95.9 Å². The fourth-order valence-corrected chi connectivity index (χ4v) is 5.39. The van der Waals surface area contributed by atoms with Crippen LogP contribution < -0.4 is 5.32 Å². The number of carboxylic acid groups (broad SMARTS) is 1. The molecule has 1 saturated heterocycles. The number of aliphatic carboxylic acids is 1. The van der Waals surface area contributed by atoms with Gasteiger partial charge in [0.1, 0.15) is 12.6 Å². The summed E-state index contributed by atoms with van der Waals surface area (Å²) in [4.78, 5) is 39.7. The van der Waals surface area contributed by atoms with Crippen molar-refractivity contribution in [2.24, 2.45) is 17.3 Å². The normalized spacial score (nSPS) is 20.0. The molecule has 2 N–H and O–H groups in total. The lowest BCUT2D eigenvalue weighted by Gasteiger charge is -2.30. The third kappa shape index (κ3) is 4.51. The van der Waals surface area contributed by atoms with Crippen LogP contribution in [0.4, 0.5) is 4.79 Å². The van der Waals surface area contributed by atoms with Gasteiger partial charge in [-0.05, 0) is 40.5 Å². The van der Waals surface area contributed by atoms with Gasteiger partial charge < -0.3 is 20.1 Å². The number of alkyl carbamates (subject to hydrolysis) is 1. The Balaban J connectivity index is 1.42. The zero-order valence-corrected chi connectivity index (χ0v) is 20.8. The molecule has 2 aromatic rings. The molecule has 2 aromatic carbocycles. The Kier molecular flexibility index (Phi) is 6.88. The van der Waals surface area contributed by atoms with Crippen molar-refractivity contribution in [3.8, 4) is 11.1 Å². The van der Waals surface area contributed by atoms with E-state index >= 15 is 0 Å². The van der Waals surface area contributed by atoms with Crippen molar-refractivity contribution in [1.29, 1.82) is 0 Å². The second kappa shape index (κ2) is 9.72. The van der Waals surface area contributed by atoms with Gasteiger partial charge in [-0.1, -0.05) is 76.2 Å². The van der Waals surface area contributed by atoms with E-state index in [1.807, 2.05) is 52.0 Å². The number of benzene rings is 2. The Hall–Kier alpha value is -3.35. The van der Waals surface area contributed by atoms with Gasteiger partial charge in [-0.3, -0.25) is 9.59 Å². The zero-order chi connectivity index (χ0) is 25.3. The molecular formula is C28H34N2O5. The summed E-state index contributed by atoms with van der Waals surface area (Å²) in [6.45, 7) is 8.13. The molecule has 2 aliphatic rings.